The van der Waals surface area contributed by atoms with Crippen LogP contribution < -0.4 is 4.74 Å². The number of carboxylic acids is 1. The van der Waals surface area contributed by atoms with Crippen LogP contribution in [0.1, 0.15) is 17.3 Å². The Kier molecular flexibility index (Phi) is 3.62. The zero-order valence-electron chi connectivity index (χ0n) is 9.64. The van der Waals surface area contributed by atoms with Crippen molar-refractivity contribution in [3.63, 3.8) is 0 Å². The van der Waals surface area contributed by atoms with Crippen molar-refractivity contribution in [3.8, 4) is 16.2 Å². The van der Waals surface area contributed by atoms with Gasteiger partial charge in [0.25, 0.3) is 0 Å². The molecule has 0 aliphatic carbocycles. The molecule has 0 fully saturated rings. The zero-order valence-corrected chi connectivity index (χ0v) is 10.5. The Morgan fingerprint density at radius 2 is 2.22 bits per heavy atom. The first kappa shape index (κ1) is 12.6. The van der Waals surface area contributed by atoms with Crippen LogP contribution in [0.4, 0.5) is 4.39 Å². The minimum atomic E-state index is -0.982. The molecular weight excluding hydrogens is 255 g/mol. The van der Waals surface area contributed by atoms with Gasteiger partial charge in [-0.1, -0.05) is 0 Å². The average molecular weight is 266 g/mol. The summed E-state index contributed by atoms with van der Waals surface area (Å²) in [5.74, 6) is -1.22. The van der Waals surface area contributed by atoms with Gasteiger partial charge in [0, 0.05) is 10.3 Å². The van der Waals surface area contributed by atoms with Crippen LogP contribution in [-0.2, 0) is 0 Å². The number of halogens is 1. The van der Waals surface area contributed by atoms with Crippen LogP contribution in [0.2, 0.25) is 0 Å². The number of benzene rings is 1. The van der Waals surface area contributed by atoms with E-state index in [4.69, 9.17) is 9.84 Å². The predicted octanol–water partition coefficient (Wildman–Crippen LogP) is 3.65. The highest BCUT2D eigenvalue weighted by atomic mass is 32.1. The van der Waals surface area contributed by atoms with E-state index >= 15 is 0 Å². The van der Waals surface area contributed by atoms with E-state index in [9.17, 15) is 9.18 Å². The molecule has 0 saturated heterocycles. The van der Waals surface area contributed by atoms with Crippen LogP contribution in [0, 0.1) is 5.82 Å². The standard InChI is InChI=1S/C13H11FO3S/c1-2-17-11-4-3-8(5-10(11)14)12-6-9(7-18-12)13(15)16/h3-7H,2H2,1H3,(H,15,16). The molecule has 0 aliphatic heterocycles. The molecule has 0 atom stereocenters. The molecule has 0 unspecified atom stereocenters. The maximum absolute atomic E-state index is 13.7. The Morgan fingerprint density at radius 3 is 2.78 bits per heavy atom. The van der Waals surface area contributed by atoms with Gasteiger partial charge in [-0.3, -0.25) is 0 Å². The van der Waals surface area contributed by atoms with Gasteiger partial charge in [-0.2, -0.15) is 0 Å². The van der Waals surface area contributed by atoms with E-state index < -0.39 is 11.8 Å². The molecule has 94 valence electrons. The van der Waals surface area contributed by atoms with E-state index in [0.29, 0.717) is 17.0 Å². The number of thiophene rings is 1. The van der Waals surface area contributed by atoms with Gasteiger partial charge in [-0.25, -0.2) is 9.18 Å². The predicted molar refractivity (Wildman–Crippen MR) is 67.8 cm³/mol. The lowest BCUT2D eigenvalue weighted by Gasteiger charge is -2.05. The molecule has 0 bridgehead atoms. The molecule has 3 nitrogen and oxygen atoms in total. The van der Waals surface area contributed by atoms with Crippen molar-refractivity contribution in [2.45, 2.75) is 6.92 Å². The molecule has 1 aromatic heterocycles. The number of ether oxygens (including phenoxy) is 1. The molecule has 1 heterocycles. The lowest BCUT2D eigenvalue weighted by Crippen LogP contribution is -1.94. The van der Waals surface area contributed by atoms with Gasteiger partial charge in [-0.05, 0) is 36.8 Å². The quantitative estimate of drug-likeness (QED) is 0.918. The molecule has 18 heavy (non-hydrogen) atoms. The van der Waals surface area contributed by atoms with Crippen LogP contribution in [0.5, 0.6) is 5.75 Å². The SMILES string of the molecule is CCOc1ccc(-c2cc(C(=O)O)cs2)cc1F. The van der Waals surface area contributed by atoms with Crippen LogP contribution in [0.15, 0.2) is 29.6 Å². The van der Waals surface area contributed by atoms with Crippen molar-refractivity contribution in [1.29, 1.82) is 0 Å². The number of rotatable bonds is 4. The normalized spacial score (nSPS) is 10.3. The second-order valence-electron chi connectivity index (χ2n) is 3.58. The van der Waals surface area contributed by atoms with Crippen LogP contribution in [0.3, 0.4) is 0 Å². The Morgan fingerprint density at radius 1 is 1.44 bits per heavy atom. The third-order valence-electron chi connectivity index (χ3n) is 2.36. The molecule has 5 heteroatoms. The second-order valence-corrected chi connectivity index (χ2v) is 4.49. The van der Waals surface area contributed by atoms with Crippen molar-refractivity contribution in [3.05, 3.63) is 41.0 Å². The minimum absolute atomic E-state index is 0.205. The Bertz CT molecular complexity index is 577. The minimum Gasteiger partial charge on any atom is -0.491 e. The first-order valence-electron chi connectivity index (χ1n) is 5.36. The van der Waals surface area contributed by atoms with Crippen molar-refractivity contribution in [2.24, 2.45) is 0 Å². The van der Waals surface area contributed by atoms with E-state index in [1.807, 2.05) is 0 Å². The maximum Gasteiger partial charge on any atom is 0.336 e. The van der Waals surface area contributed by atoms with Gasteiger partial charge < -0.3 is 9.84 Å². The highest BCUT2D eigenvalue weighted by Crippen LogP contribution is 2.30. The third kappa shape index (κ3) is 2.51. The van der Waals surface area contributed by atoms with Crippen molar-refractivity contribution in [1.82, 2.24) is 0 Å². The van der Waals surface area contributed by atoms with Gasteiger partial charge in [0.15, 0.2) is 11.6 Å². The number of hydrogen-bond donors (Lipinski definition) is 1. The number of aromatic carboxylic acids is 1. The fourth-order valence-electron chi connectivity index (χ4n) is 1.53. The van der Waals surface area contributed by atoms with E-state index in [1.54, 1.807) is 19.1 Å². The summed E-state index contributed by atoms with van der Waals surface area (Å²) < 4.78 is 18.8. The summed E-state index contributed by atoms with van der Waals surface area (Å²) in [6, 6.07) is 6.14. The molecule has 0 saturated carbocycles. The second kappa shape index (κ2) is 5.18. The molecule has 0 amide bonds. The summed E-state index contributed by atoms with van der Waals surface area (Å²) >= 11 is 1.27. The van der Waals surface area contributed by atoms with Gasteiger partial charge in [-0.15, -0.1) is 11.3 Å². The number of hydrogen-bond acceptors (Lipinski definition) is 3. The maximum atomic E-state index is 13.7. The summed E-state index contributed by atoms with van der Waals surface area (Å²) in [7, 11) is 0. The Hall–Kier alpha value is -1.88. The van der Waals surface area contributed by atoms with Crippen LogP contribution >= 0.6 is 11.3 Å². The average Bonchev–Trinajstić information content (AvgIpc) is 2.81. The molecule has 1 N–H and O–H groups in total. The largest absolute Gasteiger partial charge is 0.491 e. The van der Waals surface area contributed by atoms with Crippen LogP contribution in [-0.4, -0.2) is 17.7 Å². The summed E-state index contributed by atoms with van der Waals surface area (Å²) in [6.45, 7) is 2.18. The molecule has 1 aromatic carbocycles. The van der Waals surface area contributed by atoms with Gasteiger partial charge >= 0.3 is 5.97 Å². The lowest BCUT2D eigenvalue weighted by molar-refractivity contribution is 0.0697. The molecule has 2 aromatic rings. The third-order valence-corrected chi connectivity index (χ3v) is 3.34. The highest BCUT2D eigenvalue weighted by Gasteiger charge is 2.10. The van der Waals surface area contributed by atoms with Gasteiger partial charge in [0.2, 0.25) is 0 Å². The highest BCUT2D eigenvalue weighted by molar-refractivity contribution is 7.13. The van der Waals surface area contributed by atoms with E-state index in [1.165, 1.54) is 28.8 Å². The first-order valence-corrected chi connectivity index (χ1v) is 6.24. The summed E-state index contributed by atoms with van der Waals surface area (Å²) in [6.07, 6.45) is 0. The zero-order chi connectivity index (χ0) is 13.1. The van der Waals surface area contributed by atoms with Crippen molar-refractivity contribution >= 4 is 17.3 Å². The first-order chi connectivity index (χ1) is 8.61. The molecule has 0 radical (unpaired) electrons. The molecule has 0 spiro atoms. The van der Waals surface area contributed by atoms with E-state index in [2.05, 4.69) is 0 Å². The van der Waals surface area contributed by atoms with Crippen molar-refractivity contribution in [2.75, 3.05) is 6.61 Å². The topological polar surface area (TPSA) is 46.5 Å². The fraction of sp³-hybridized carbons (Fsp3) is 0.154. The Labute approximate surface area is 107 Å². The number of carbonyl (C=O) groups is 1. The summed E-state index contributed by atoms with van der Waals surface area (Å²) in [4.78, 5) is 11.5. The van der Waals surface area contributed by atoms with Crippen LogP contribution in [0.25, 0.3) is 10.4 Å². The molecular formula is C13H11FO3S. The van der Waals surface area contributed by atoms with Gasteiger partial charge in [0.1, 0.15) is 0 Å². The van der Waals surface area contributed by atoms with E-state index in [-0.39, 0.29) is 11.3 Å². The van der Waals surface area contributed by atoms with Gasteiger partial charge in [0.05, 0.1) is 12.2 Å². The molecule has 0 aliphatic rings. The molecule has 2 rings (SSSR count). The number of carboxylic acid groups (broad SMARTS) is 1. The smallest absolute Gasteiger partial charge is 0.336 e. The lowest BCUT2D eigenvalue weighted by atomic mass is 10.1. The fourth-order valence-corrected chi connectivity index (χ4v) is 2.41. The van der Waals surface area contributed by atoms with E-state index in [0.717, 1.165) is 0 Å². The summed E-state index contributed by atoms with van der Waals surface area (Å²) in [5, 5.41) is 10.4. The monoisotopic (exact) mass is 266 g/mol. The Balaban J connectivity index is 2.33. The summed E-state index contributed by atoms with van der Waals surface area (Å²) in [5.41, 5.74) is 0.859. The van der Waals surface area contributed by atoms with Crippen molar-refractivity contribution < 1.29 is 19.0 Å².